The maximum absolute atomic E-state index is 11.6. The van der Waals surface area contributed by atoms with E-state index in [2.05, 4.69) is 10.6 Å². The third kappa shape index (κ3) is 4.55. The van der Waals surface area contributed by atoms with E-state index in [1.54, 1.807) is 38.1 Å². The van der Waals surface area contributed by atoms with Gasteiger partial charge in [-0.25, -0.2) is 0 Å². The Morgan fingerprint density at radius 2 is 1.67 bits per heavy atom. The first kappa shape index (κ1) is 14.2. The van der Waals surface area contributed by atoms with Gasteiger partial charge in [-0.05, 0) is 26.0 Å². The summed E-state index contributed by atoms with van der Waals surface area (Å²) < 4.78 is 0. The van der Waals surface area contributed by atoms with E-state index in [0.717, 1.165) is 0 Å². The highest BCUT2D eigenvalue weighted by Crippen LogP contribution is 1.97. The number of amides is 2. The van der Waals surface area contributed by atoms with Crippen molar-refractivity contribution < 1.29 is 9.59 Å². The SMILES string of the molecule is CC(C)(N)C(=O)NCCNC(=O)c1ccccc1. The Balaban J connectivity index is 2.27. The molecule has 0 bridgehead atoms. The van der Waals surface area contributed by atoms with Crippen molar-refractivity contribution in [2.24, 2.45) is 5.73 Å². The number of nitrogens with one attached hydrogen (secondary N) is 2. The van der Waals surface area contributed by atoms with Gasteiger partial charge < -0.3 is 16.4 Å². The smallest absolute Gasteiger partial charge is 0.251 e. The van der Waals surface area contributed by atoms with Gasteiger partial charge in [0.25, 0.3) is 5.91 Å². The van der Waals surface area contributed by atoms with Gasteiger partial charge in [0.1, 0.15) is 0 Å². The first-order valence-corrected chi connectivity index (χ1v) is 5.81. The maximum atomic E-state index is 11.6. The Morgan fingerprint density at radius 3 is 2.22 bits per heavy atom. The highest BCUT2D eigenvalue weighted by molar-refractivity contribution is 5.94. The maximum Gasteiger partial charge on any atom is 0.251 e. The monoisotopic (exact) mass is 249 g/mol. The van der Waals surface area contributed by atoms with Gasteiger partial charge in [-0.2, -0.15) is 0 Å². The van der Waals surface area contributed by atoms with Crippen molar-refractivity contribution in [2.45, 2.75) is 19.4 Å². The second-order valence-electron chi connectivity index (χ2n) is 4.60. The van der Waals surface area contributed by atoms with Gasteiger partial charge in [0.15, 0.2) is 0 Å². The predicted molar refractivity (Wildman–Crippen MR) is 70.1 cm³/mol. The highest BCUT2D eigenvalue weighted by atomic mass is 16.2. The fourth-order valence-electron chi connectivity index (χ4n) is 1.27. The second kappa shape index (κ2) is 6.16. The normalized spacial score (nSPS) is 10.8. The molecule has 0 saturated carbocycles. The average Bonchev–Trinajstić information content (AvgIpc) is 2.34. The van der Waals surface area contributed by atoms with Crippen LogP contribution in [-0.2, 0) is 4.79 Å². The molecule has 18 heavy (non-hydrogen) atoms. The topological polar surface area (TPSA) is 84.2 Å². The average molecular weight is 249 g/mol. The zero-order valence-corrected chi connectivity index (χ0v) is 10.7. The quantitative estimate of drug-likeness (QED) is 0.655. The Bertz CT molecular complexity index is 410. The predicted octanol–water partition coefficient (Wildman–Crippen LogP) is 0.270. The van der Waals surface area contributed by atoms with E-state index in [1.807, 2.05) is 6.07 Å². The molecular weight excluding hydrogens is 230 g/mol. The van der Waals surface area contributed by atoms with Gasteiger partial charge in [0, 0.05) is 18.7 Å². The Kier molecular flexibility index (Phi) is 4.85. The lowest BCUT2D eigenvalue weighted by Gasteiger charge is -2.17. The number of carbonyl (C=O) groups is 2. The van der Waals surface area contributed by atoms with Crippen molar-refractivity contribution in [1.29, 1.82) is 0 Å². The minimum atomic E-state index is -0.899. The second-order valence-corrected chi connectivity index (χ2v) is 4.60. The van der Waals surface area contributed by atoms with E-state index >= 15 is 0 Å². The van der Waals surface area contributed by atoms with Crippen LogP contribution in [0.25, 0.3) is 0 Å². The summed E-state index contributed by atoms with van der Waals surface area (Å²) in [7, 11) is 0. The number of hydrogen-bond acceptors (Lipinski definition) is 3. The van der Waals surface area contributed by atoms with Crippen LogP contribution in [0.15, 0.2) is 30.3 Å². The third-order valence-corrected chi connectivity index (χ3v) is 2.32. The molecule has 5 nitrogen and oxygen atoms in total. The van der Waals surface area contributed by atoms with Crippen LogP contribution in [0.4, 0.5) is 0 Å². The summed E-state index contributed by atoms with van der Waals surface area (Å²) in [5.41, 5.74) is 5.31. The van der Waals surface area contributed by atoms with Crippen LogP contribution in [-0.4, -0.2) is 30.4 Å². The van der Waals surface area contributed by atoms with E-state index in [-0.39, 0.29) is 11.8 Å². The summed E-state index contributed by atoms with van der Waals surface area (Å²) in [4.78, 5) is 23.1. The molecule has 0 unspecified atom stereocenters. The molecule has 0 aliphatic heterocycles. The van der Waals surface area contributed by atoms with Crippen molar-refractivity contribution in [2.75, 3.05) is 13.1 Å². The van der Waals surface area contributed by atoms with Crippen molar-refractivity contribution in [1.82, 2.24) is 10.6 Å². The summed E-state index contributed by atoms with van der Waals surface area (Å²) in [6.45, 7) is 3.99. The molecule has 0 aliphatic rings. The van der Waals surface area contributed by atoms with Gasteiger partial charge in [-0.15, -0.1) is 0 Å². The first-order chi connectivity index (χ1) is 8.41. The van der Waals surface area contributed by atoms with Crippen LogP contribution in [0.1, 0.15) is 24.2 Å². The summed E-state index contributed by atoms with van der Waals surface area (Å²) in [6.07, 6.45) is 0. The molecular formula is C13H19N3O2. The minimum absolute atomic E-state index is 0.156. The zero-order valence-electron chi connectivity index (χ0n) is 10.7. The molecule has 0 spiro atoms. The van der Waals surface area contributed by atoms with Gasteiger partial charge in [0.05, 0.1) is 5.54 Å². The van der Waals surface area contributed by atoms with E-state index in [4.69, 9.17) is 5.73 Å². The summed E-state index contributed by atoms with van der Waals surface area (Å²) in [5.74, 6) is -0.395. The first-order valence-electron chi connectivity index (χ1n) is 5.81. The molecule has 0 heterocycles. The van der Waals surface area contributed by atoms with Gasteiger partial charge in [-0.3, -0.25) is 9.59 Å². The molecule has 2 amide bonds. The van der Waals surface area contributed by atoms with E-state index in [0.29, 0.717) is 18.7 Å². The number of hydrogen-bond donors (Lipinski definition) is 3. The Hall–Kier alpha value is -1.88. The standard InChI is InChI=1S/C13H19N3O2/c1-13(2,14)12(18)16-9-8-15-11(17)10-6-4-3-5-7-10/h3-7H,8-9,14H2,1-2H3,(H,15,17)(H,16,18). The third-order valence-electron chi connectivity index (χ3n) is 2.32. The molecule has 0 atom stereocenters. The Labute approximate surface area is 107 Å². The summed E-state index contributed by atoms with van der Waals surface area (Å²) in [6, 6.07) is 8.91. The lowest BCUT2D eigenvalue weighted by Crippen LogP contribution is -2.50. The lowest BCUT2D eigenvalue weighted by molar-refractivity contribution is -0.125. The molecule has 0 radical (unpaired) electrons. The molecule has 4 N–H and O–H groups in total. The zero-order chi connectivity index (χ0) is 13.6. The Morgan fingerprint density at radius 1 is 1.11 bits per heavy atom. The van der Waals surface area contributed by atoms with Crippen LogP contribution in [0.2, 0.25) is 0 Å². The molecule has 1 rings (SSSR count). The molecule has 0 aliphatic carbocycles. The fourth-order valence-corrected chi connectivity index (χ4v) is 1.27. The van der Waals surface area contributed by atoms with Gasteiger partial charge in [-0.1, -0.05) is 18.2 Å². The molecule has 0 saturated heterocycles. The van der Waals surface area contributed by atoms with Crippen LogP contribution in [0, 0.1) is 0 Å². The largest absolute Gasteiger partial charge is 0.353 e. The van der Waals surface area contributed by atoms with Crippen LogP contribution >= 0.6 is 0 Å². The van der Waals surface area contributed by atoms with Crippen molar-refractivity contribution in [3.05, 3.63) is 35.9 Å². The fraction of sp³-hybridized carbons (Fsp3) is 0.385. The lowest BCUT2D eigenvalue weighted by atomic mass is 10.1. The summed E-state index contributed by atoms with van der Waals surface area (Å²) in [5, 5.41) is 5.36. The highest BCUT2D eigenvalue weighted by Gasteiger charge is 2.20. The van der Waals surface area contributed by atoms with Crippen molar-refractivity contribution in [3.8, 4) is 0 Å². The summed E-state index contributed by atoms with van der Waals surface area (Å²) >= 11 is 0. The van der Waals surface area contributed by atoms with E-state index < -0.39 is 5.54 Å². The van der Waals surface area contributed by atoms with E-state index in [9.17, 15) is 9.59 Å². The molecule has 0 aromatic heterocycles. The molecule has 98 valence electrons. The molecule has 0 fully saturated rings. The minimum Gasteiger partial charge on any atom is -0.353 e. The molecule has 1 aromatic rings. The number of nitrogens with two attached hydrogens (primary N) is 1. The van der Waals surface area contributed by atoms with E-state index in [1.165, 1.54) is 0 Å². The molecule has 1 aromatic carbocycles. The number of carbonyl (C=O) groups excluding carboxylic acids is 2. The van der Waals surface area contributed by atoms with Crippen LogP contribution in [0.3, 0.4) is 0 Å². The van der Waals surface area contributed by atoms with Gasteiger partial charge in [0.2, 0.25) is 5.91 Å². The van der Waals surface area contributed by atoms with Crippen LogP contribution in [0.5, 0.6) is 0 Å². The number of rotatable bonds is 5. The van der Waals surface area contributed by atoms with Crippen molar-refractivity contribution >= 4 is 11.8 Å². The van der Waals surface area contributed by atoms with Crippen LogP contribution < -0.4 is 16.4 Å². The molecule has 5 heteroatoms. The van der Waals surface area contributed by atoms with Gasteiger partial charge >= 0.3 is 0 Å². The van der Waals surface area contributed by atoms with Crippen molar-refractivity contribution in [3.63, 3.8) is 0 Å². The number of benzene rings is 1.